The van der Waals surface area contributed by atoms with Crippen molar-refractivity contribution in [3.05, 3.63) is 23.7 Å². The predicted octanol–water partition coefficient (Wildman–Crippen LogP) is 1.69. The fraction of sp³-hybridized carbons (Fsp3) is 0.643. The van der Waals surface area contributed by atoms with Gasteiger partial charge in [0.05, 0.1) is 12.1 Å². The first-order valence-corrected chi connectivity index (χ1v) is 7.00. The van der Waals surface area contributed by atoms with E-state index in [1.54, 1.807) is 6.07 Å². The molecule has 0 spiro atoms. The van der Waals surface area contributed by atoms with Gasteiger partial charge in [-0.2, -0.15) is 0 Å². The van der Waals surface area contributed by atoms with Crippen molar-refractivity contribution in [1.82, 2.24) is 10.2 Å². The van der Waals surface area contributed by atoms with Crippen LogP contribution in [0.2, 0.25) is 0 Å². The maximum Gasteiger partial charge on any atom is 0.338 e. The minimum absolute atomic E-state index is 0.223. The van der Waals surface area contributed by atoms with Crippen LogP contribution in [0.25, 0.3) is 0 Å². The van der Waals surface area contributed by atoms with Gasteiger partial charge in [-0.25, -0.2) is 4.79 Å². The molecule has 5 nitrogen and oxygen atoms in total. The molecule has 1 aromatic heterocycles. The van der Waals surface area contributed by atoms with Gasteiger partial charge < -0.3 is 19.7 Å². The second-order valence-electron chi connectivity index (χ2n) is 5.53. The lowest BCUT2D eigenvalue weighted by Crippen LogP contribution is -2.43. The number of carboxylic acids is 1. The zero-order valence-corrected chi connectivity index (χ0v) is 11.0. The SMILES string of the molecule is O=C(O)c1coc(CNC2CCN(C3CC3)CC2)c1. The van der Waals surface area contributed by atoms with Crippen LogP contribution in [0.15, 0.2) is 16.7 Å². The van der Waals surface area contributed by atoms with Crippen molar-refractivity contribution >= 4 is 5.97 Å². The Bertz CT molecular complexity index is 445. The van der Waals surface area contributed by atoms with Crippen LogP contribution in [0.1, 0.15) is 41.8 Å². The molecule has 19 heavy (non-hydrogen) atoms. The minimum atomic E-state index is -0.937. The normalized spacial score (nSPS) is 21.7. The van der Waals surface area contributed by atoms with Gasteiger partial charge in [-0.15, -0.1) is 0 Å². The number of furan rings is 1. The molecule has 2 aliphatic rings. The molecular formula is C14H20N2O3. The molecule has 0 bridgehead atoms. The number of hydrogen-bond donors (Lipinski definition) is 2. The first-order chi connectivity index (χ1) is 9.22. The van der Waals surface area contributed by atoms with E-state index in [-0.39, 0.29) is 5.56 Å². The van der Waals surface area contributed by atoms with Gasteiger partial charge in [0.25, 0.3) is 0 Å². The molecule has 3 rings (SSSR count). The largest absolute Gasteiger partial charge is 0.478 e. The Balaban J connectivity index is 1.43. The highest BCUT2D eigenvalue weighted by Gasteiger charge is 2.31. The summed E-state index contributed by atoms with van der Waals surface area (Å²) in [6.45, 7) is 2.98. The highest BCUT2D eigenvalue weighted by molar-refractivity contribution is 5.87. The average molecular weight is 264 g/mol. The van der Waals surface area contributed by atoms with E-state index in [9.17, 15) is 4.79 Å². The van der Waals surface area contributed by atoms with Crippen molar-refractivity contribution in [2.45, 2.75) is 44.3 Å². The van der Waals surface area contributed by atoms with Gasteiger partial charge in [-0.1, -0.05) is 0 Å². The van der Waals surface area contributed by atoms with Crippen molar-refractivity contribution < 1.29 is 14.3 Å². The van der Waals surface area contributed by atoms with Crippen LogP contribution in [-0.2, 0) is 6.54 Å². The molecule has 1 aromatic rings. The molecule has 0 amide bonds. The molecule has 2 N–H and O–H groups in total. The fourth-order valence-corrected chi connectivity index (χ4v) is 2.74. The first kappa shape index (κ1) is 12.7. The molecule has 1 saturated heterocycles. The minimum Gasteiger partial charge on any atom is -0.478 e. The van der Waals surface area contributed by atoms with Gasteiger partial charge in [0, 0.05) is 12.1 Å². The number of rotatable bonds is 5. The van der Waals surface area contributed by atoms with Crippen LogP contribution in [0.3, 0.4) is 0 Å². The molecule has 0 radical (unpaired) electrons. The number of aromatic carboxylic acids is 1. The van der Waals surface area contributed by atoms with Gasteiger partial charge in [0.15, 0.2) is 0 Å². The molecule has 1 saturated carbocycles. The summed E-state index contributed by atoms with van der Waals surface area (Å²) in [5, 5.41) is 12.3. The molecule has 0 atom stereocenters. The Morgan fingerprint density at radius 1 is 1.37 bits per heavy atom. The van der Waals surface area contributed by atoms with Gasteiger partial charge >= 0.3 is 5.97 Å². The molecule has 2 fully saturated rings. The van der Waals surface area contributed by atoms with Gasteiger partial charge in [-0.3, -0.25) is 0 Å². The Kier molecular flexibility index (Phi) is 3.57. The average Bonchev–Trinajstić information content (AvgIpc) is 3.15. The summed E-state index contributed by atoms with van der Waals surface area (Å²) in [6.07, 6.45) is 6.39. The lowest BCUT2D eigenvalue weighted by atomic mass is 10.0. The quantitative estimate of drug-likeness (QED) is 0.847. The Labute approximate surface area is 112 Å². The van der Waals surface area contributed by atoms with E-state index in [1.807, 2.05) is 0 Å². The third-order valence-electron chi connectivity index (χ3n) is 4.06. The Hall–Kier alpha value is -1.33. The zero-order valence-electron chi connectivity index (χ0n) is 11.0. The predicted molar refractivity (Wildman–Crippen MR) is 70.1 cm³/mol. The number of hydrogen-bond acceptors (Lipinski definition) is 4. The second kappa shape index (κ2) is 5.35. The molecule has 0 unspecified atom stereocenters. The lowest BCUT2D eigenvalue weighted by Gasteiger charge is -2.32. The molecule has 2 heterocycles. The van der Waals surface area contributed by atoms with E-state index in [0.717, 1.165) is 6.04 Å². The van der Waals surface area contributed by atoms with Gasteiger partial charge in [0.1, 0.15) is 12.0 Å². The van der Waals surface area contributed by atoms with Crippen LogP contribution in [0.5, 0.6) is 0 Å². The van der Waals surface area contributed by atoms with E-state index in [2.05, 4.69) is 10.2 Å². The number of piperidine rings is 1. The van der Waals surface area contributed by atoms with E-state index in [0.29, 0.717) is 18.3 Å². The number of likely N-dealkylation sites (tertiary alicyclic amines) is 1. The maximum absolute atomic E-state index is 10.7. The van der Waals surface area contributed by atoms with Crippen molar-refractivity contribution in [3.8, 4) is 0 Å². The van der Waals surface area contributed by atoms with E-state index in [1.165, 1.54) is 45.0 Å². The van der Waals surface area contributed by atoms with E-state index >= 15 is 0 Å². The first-order valence-electron chi connectivity index (χ1n) is 7.00. The highest BCUT2D eigenvalue weighted by Crippen LogP contribution is 2.29. The van der Waals surface area contributed by atoms with Crippen LogP contribution >= 0.6 is 0 Å². The topological polar surface area (TPSA) is 65.7 Å². The Morgan fingerprint density at radius 2 is 2.11 bits per heavy atom. The lowest BCUT2D eigenvalue weighted by molar-refractivity contribution is 0.0696. The summed E-state index contributed by atoms with van der Waals surface area (Å²) in [7, 11) is 0. The smallest absolute Gasteiger partial charge is 0.338 e. The van der Waals surface area contributed by atoms with Crippen molar-refractivity contribution in [2.24, 2.45) is 0 Å². The van der Waals surface area contributed by atoms with Crippen LogP contribution < -0.4 is 5.32 Å². The molecule has 1 aliphatic carbocycles. The third kappa shape index (κ3) is 3.16. The molecular weight excluding hydrogens is 244 g/mol. The highest BCUT2D eigenvalue weighted by atomic mass is 16.4. The summed E-state index contributed by atoms with van der Waals surface area (Å²) in [6, 6.07) is 2.98. The molecule has 104 valence electrons. The van der Waals surface area contributed by atoms with E-state index in [4.69, 9.17) is 9.52 Å². The van der Waals surface area contributed by atoms with Gasteiger partial charge in [0.2, 0.25) is 0 Å². The van der Waals surface area contributed by atoms with Crippen molar-refractivity contribution in [3.63, 3.8) is 0 Å². The fourth-order valence-electron chi connectivity index (χ4n) is 2.74. The third-order valence-corrected chi connectivity index (χ3v) is 4.06. The summed E-state index contributed by atoms with van der Waals surface area (Å²) >= 11 is 0. The number of nitrogens with zero attached hydrogens (tertiary/aromatic N) is 1. The Morgan fingerprint density at radius 3 is 2.68 bits per heavy atom. The van der Waals surface area contributed by atoms with Crippen LogP contribution in [0, 0.1) is 0 Å². The molecule has 1 aliphatic heterocycles. The van der Waals surface area contributed by atoms with Crippen LogP contribution in [-0.4, -0.2) is 41.1 Å². The van der Waals surface area contributed by atoms with Crippen molar-refractivity contribution in [1.29, 1.82) is 0 Å². The van der Waals surface area contributed by atoms with Crippen LogP contribution in [0.4, 0.5) is 0 Å². The zero-order chi connectivity index (χ0) is 13.2. The molecule has 0 aromatic carbocycles. The molecule has 5 heteroatoms. The number of carboxylic acid groups (broad SMARTS) is 1. The number of nitrogens with one attached hydrogen (secondary N) is 1. The summed E-state index contributed by atoms with van der Waals surface area (Å²) < 4.78 is 5.23. The second-order valence-corrected chi connectivity index (χ2v) is 5.53. The van der Waals surface area contributed by atoms with Gasteiger partial charge in [-0.05, 0) is 44.8 Å². The van der Waals surface area contributed by atoms with Crippen molar-refractivity contribution in [2.75, 3.05) is 13.1 Å². The summed E-state index contributed by atoms with van der Waals surface area (Å²) in [5.41, 5.74) is 0.223. The maximum atomic E-state index is 10.7. The summed E-state index contributed by atoms with van der Waals surface area (Å²) in [5.74, 6) is -0.241. The van der Waals surface area contributed by atoms with E-state index < -0.39 is 5.97 Å². The number of carbonyl (C=O) groups is 1. The monoisotopic (exact) mass is 264 g/mol. The standard InChI is InChI=1S/C14H20N2O3/c17-14(18)10-7-13(19-9-10)8-15-11-3-5-16(6-4-11)12-1-2-12/h7,9,11-12,15H,1-6,8H2,(H,17,18). The summed E-state index contributed by atoms with van der Waals surface area (Å²) in [4.78, 5) is 13.3.